The molecule has 0 aromatic heterocycles. The Balaban J connectivity index is 2.73. The highest BCUT2D eigenvalue weighted by Gasteiger charge is 2.35. The normalized spacial score (nSPS) is 24.6. The molecule has 0 aliphatic carbocycles. The number of halogens is 2. The average molecular weight is 290 g/mol. The van der Waals surface area contributed by atoms with Crippen molar-refractivity contribution in [3.63, 3.8) is 0 Å². The number of rotatable bonds is 4. The van der Waals surface area contributed by atoms with Crippen LogP contribution in [0.4, 0.5) is 8.78 Å². The maximum Gasteiger partial charge on any atom is 0.250 e. The third-order valence-corrected chi connectivity index (χ3v) is 3.92. The van der Waals surface area contributed by atoms with Gasteiger partial charge in [0.2, 0.25) is 5.91 Å². The van der Waals surface area contributed by atoms with Gasteiger partial charge < -0.3 is 10.2 Å². The van der Waals surface area contributed by atoms with E-state index >= 15 is 0 Å². The summed E-state index contributed by atoms with van der Waals surface area (Å²) < 4.78 is 24.7. The van der Waals surface area contributed by atoms with Crippen LogP contribution in [0.3, 0.4) is 0 Å². The average Bonchev–Trinajstić information content (AvgIpc) is 2.33. The minimum atomic E-state index is -2.35. The third-order valence-electron chi connectivity index (χ3n) is 3.92. The monoisotopic (exact) mass is 290 g/mol. The predicted octanol–water partition coefficient (Wildman–Crippen LogP) is 2.76. The van der Waals surface area contributed by atoms with E-state index < -0.39 is 11.8 Å². The second kappa shape index (κ2) is 6.83. The first-order valence-corrected chi connectivity index (χ1v) is 7.42. The molecule has 1 fully saturated rings. The first-order chi connectivity index (χ1) is 9.11. The maximum atomic E-state index is 12.4. The van der Waals surface area contributed by atoms with Crippen molar-refractivity contribution in [2.45, 2.75) is 53.5 Å². The van der Waals surface area contributed by atoms with Crippen molar-refractivity contribution >= 4 is 5.91 Å². The zero-order valence-corrected chi connectivity index (χ0v) is 13.2. The fourth-order valence-electron chi connectivity index (χ4n) is 2.66. The molecule has 0 saturated carbocycles. The number of hydrogen-bond donors (Lipinski definition) is 1. The van der Waals surface area contributed by atoms with E-state index in [2.05, 4.69) is 19.2 Å². The van der Waals surface area contributed by atoms with E-state index in [4.69, 9.17) is 0 Å². The molecular formula is C15H28F2N2O. The lowest BCUT2D eigenvalue weighted by molar-refractivity contribution is -0.142. The highest BCUT2D eigenvalue weighted by atomic mass is 19.3. The van der Waals surface area contributed by atoms with Gasteiger partial charge in [0.25, 0.3) is 6.43 Å². The number of carbonyl (C=O) groups is 1. The van der Waals surface area contributed by atoms with Crippen LogP contribution < -0.4 is 5.32 Å². The summed E-state index contributed by atoms with van der Waals surface area (Å²) in [5.74, 6) is 0.915. The molecule has 118 valence electrons. The van der Waals surface area contributed by atoms with Crippen LogP contribution in [-0.2, 0) is 4.79 Å². The van der Waals surface area contributed by atoms with Crippen molar-refractivity contribution in [2.75, 3.05) is 19.6 Å². The molecule has 1 N–H and O–H groups in total. The quantitative estimate of drug-likeness (QED) is 0.863. The third kappa shape index (κ3) is 5.00. The molecule has 5 heteroatoms. The topological polar surface area (TPSA) is 32.3 Å². The first kappa shape index (κ1) is 17.3. The molecule has 2 unspecified atom stereocenters. The van der Waals surface area contributed by atoms with E-state index in [0.29, 0.717) is 18.4 Å². The Kier molecular flexibility index (Phi) is 5.92. The first-order valence-electron chi connectivity index (χ1n) is 7.42. The van der Waals surface area contributed by atoms with Crippen molar-refractivity contribution in [3.8, 4) is 0 Å². The number of carbonyl (C=O) groups excluding carboxylic acids is 1. The highest BCUT2D eigenvalue weighted by Crippen LogP contribution is 2.27. The summed E-state index contributed by atoms with van der Waals surface area (Å²) in [6.45, 7) is 10.9. The fraction of sp³-hybridized carbons (Fsp3) is 0.933. The van der Waals surface area contributed by atoms with Crippen molar-refractivity contribution in [2.24, 2.45) is 17.3 Å². The van der Waals surface area contributed by atoms with Gasteiger partial charge in [0, 0.05) is 24.5 Å². The van der Waals surface area contributed by atoms with Crippen LogP contribution >= 0.6 is 0 Å². The Morgan fingerprint density at radius 3 is 2.35 bits per heavy atom. The van der Waals surface area contributed by atoms with E-state index in [1.54, 1.807) is 0 Å². The van der Waals surface area contributed by atoms with Gasteiger partial charge in [0.1, 0.15) is 0 Å². The maximum absolute atomic E-state index is 12.4. The summed E-state index contributed by atoms with van der Waals surface area (Å²) in [6.07, 6.45) is -1.49. The number of hydrogen-bond acceptors (Lipinski definition) is 2. The summed E-state index contributed by atoms with van der Waals surface area (Å²) in [6, 6.07) is -0.0311. The van der Waals surface area contributed by atoms with Crippen molar-refractivity contribution in [1.82, 2.24) is 10.2 Å². The lowest BCUT2D eigenvalue weighted by Gasteiger charge is -2.42. The number of piperidine rings is 1. The van der Waals surface area contributed by atoms with Crippen LogP contribution in [0.2, 0.25) is 0 Å². The number of nitrogens with zero attached hydrogens (tertiary/aromatic N) is 1. The van der Waals surface area contributed by atoms with Gasteiger partial charge in [0.15, 0.2) is 0 Å². The molecule has 3 nitrogen and oxygen atoms in total. The van der Waals surface area contributed by atoms with E-state index in [9.17, 15) is 13.6 Å². The molecule has 1 amide bonds. The fourth-order valence-corrected chi connectivity index (χ4v) is 2.66. The zero-order valence-electron chi connectivity index (χ0n) is 13.2. The van der Waals surface area contributed by atoms with Gasteiger partial charge in [-0.3, -0.25) is 4.79 Å². The minimum Gasteiger partial charge on any atom is -0.340 e. The Bertz CT molecular complexity index is 326. The Labute approximate surface area is 121 Å². The Hall–Kier alpha value is -0.710. The summed E-state index contributed by atoms with van der Waals surface area (Å²) in [7, 11) is 0. The SMILES string of the molecule is CC(C)C1CC(NCC(F)F)CN(C(=O)C(C)(C)C)C1. The van der Waals surface area contributed by atoms with Crippen molar-refractivity contribution < 1.29 is 13.6 Å². The van der Waals surface area contributed by atoms with Gasteiger partial charge >= 0.3 is 0 Å². The number of amides is 1. The molecule has 0 spiro atoms. The Morgan fingerprint density at radius 2 is 1.90 bits per heavy atom. The molecule has 1 heterocycles. The zero-order chi connectivity index (χ0) is 15.5. The lowest BCUT2D eigenvalue weighted by Crippen LogP contribution is -2.55. The van der Waals surface area contributed by atoms with E-state index in [0.717, 1.165) is 13.0 Å². The molecule has 0 bridgehead atoms. The van der Waals surface area contributed by atoms with E-state index in [1.807, 2.05) is 25.7 Å². The highest BCUT2D eigenvalue weighted by molar-refractivity contribution is 5.81. The van der Waals surface area contributed by atoms with Crippen molar-refractivity contribution in [1.29, 1.82) is 0 Å². The molecule has 0 radical (unpaired) electrons. The van der Waals surface area contributed by atoms with Crippen LogP contribution in [0, 0.1) is 17.3 Å². The lowest BCUT2D eigenvalue weighted by atomic mass is 9.84. The standard InChI is InChI=1S/C15H28F2N2O/c1-10(2)11-6-12(18-7-13(16)17)9-19(8-11)14(20)15(3,4)5/h10-13,18H,6-9H2,1-5H3. The minimum absolute atomic E-state index is 0.0311. The second-order valence-corrected chi connectivity index (χ2v) is 7.20. The summed E-state index contributed by atoms with van der Waals surface area (Å²) in [4.78, 5) is 14.3. The molecule has 0 aromatic rings. The molecule has 1 saturated heterocycles. The number of alkyl halides is 2. The second-order valence-electron chi connectivity index (χ2n) is 7.20. The number of likely N-dealkylation sites (tertiary alicyclic amines) is 1. The molecule has 1 rings (SSSR count). The summed E-state index contributed by atoms with van der Waals surface area (Å²) in [5, 5.41) is 2.90. The largest absolute Gasteiger partial charge is 0.340 e. The smallest absolute Gasteiger partial charge is 0.250 e. The van der Waals surface area contributed by atoms with Gasteiger partial charge in [-0.25, -0.2) is 8.78 Å². The van der Waals surface area contributed by atoms with Gasteiger partial charge in [-0.05, 0) is 18.3 Å². The van der Waals surface area contributed by atoms with Gasteiger partial charge in [-0.2, -0.15) is 0 Å². The summed E-state index contributed by atoms with van der Waals surface area (Å²) in [5.41, 5.74) is -0.424. The molecule has 2 atom stereocenters. The van der Waals surface area contributed by atoms with E-state index in [-0.39, 0.29) is 18.5 Å². The molecule has 20 heavy (non-hydrogen) atoms. The van der Waals surface area contributed by atoms with Crippen LogP contribution in [0.1, 0.15) is 41.0 Å². The van der Waals surface area contributed by atoms with Crippen LogP contribution in [0.5, 0.6) is 0 Å². The van der Waals surface area contributed by atoms with Crippen LogP contribution in [0.15, 0.2) is 0 Å². The molecule has 1 aliphatic heterocycles. The van der Waals surface area contributed by atoms with E-state index in [1.165, 1.54) is 0 Å². The van der Waals surface area contributed by atoms with Crippen LogP contribution in [0.25, 0.3) is 0 Å². The van der Waals surface area contributed by atoms with Gasteiger partial charge in [0.05, 0.1) is 6.54 Å². The summed E-state index contributed by atoms with van der Waals surface area (Å²) >= 11 is 0. The molecule has 0 aromatic carbocycles. The molecule has 1 aliphatic rings. The van der Waals surface area contributed by atoms with Gasteiger partial charge in [-0.15, -0.1) is 0 Å². The van der Waals surface area contributed by atoms with Crippen LogP contribution in [-0.4, -0.2) is 42.9 Å². The predicted molar refractivity (Wildman–Crippen MR) is 76.8 cm³/mol. The van der Waals surface area contributed by atoms with Crippen molar-refractivity contribution in [3.05, 3.63) is 0 Å². The molecular weight excluding hydrogens is 262 g/mol. The number of nitrogens with one attached hydrogen (secondary N) is 1. The van der Waals surface area contributed by atoms with Gasteiger partial charge in [-0.1, -0.05) is 34.6 Å². The Morgan fingerprint density at radius 1 is 1.30 bits per heavy atom.